The number of hydrazone groups is 1. The maximum atomic E-state index is 12.2. The maximum Gasteiger partial charge on any atom is 0.307 e. The van der Waals surface area contributed by atoms with Gasteiger partial charge in [0.2, 0.25) is 0 Å². The van der Waals surface area contributed by atoms with Gasteiger partial charge in [0.25, 0.3) is 5.91 Å². The predicted molar refractivity (Wildman–Crippen MR) is 107 cm³/mol. The molecule has 2 amide bonds. The number of nitrogens with one attached hydrogen (secondary N) is 1. The summed E-state index contributed by atoms with van der Waals surface area (Å²) >= 11 is 3.37. The first-order valence-corrected chi connectivity index (χ1v) is 8.87. The molecule has 9 heteroatoms. The van der Waals surface area contributed by atoms with E-state index in [4.69, 9.17) is 19.6 Å². The van der Waals surface area contributed by atoms with E-state index in [1.165, 1.54) is 13.3 Å². The van der Waals surface area contributed by atoms with Crippen molar-refractivity contribution in [3.05, 3.63) is 58.3 Å². The number of ether oxygens (including phenoxy) is 2. The Kier molecular flexibility index (Phi) is 5.95. The molecule has 0 saturated heterocycles. The lowest BCUT2D eigenvalue weighted by Gasteiger charge is -2.09. The van der Waals surface area contributed by atoms with Crippen LogP contribution in [0.3, 0.4) is 0 Å². The molecule has 144 valence electrons. The number of nitrogens with two attached hydrogens (primary N) is 1. The number of hydrogen-bond acceptors (Lipinski definition) is 6. The van der Waals surface area contributed by atoms with Crippen LogP contribution < -0.4 is 20.6 Å². The molecule has 0 aliphatic carbocycles. The van der Waals surface area contributed by atoms with Crippen LogP contribution in [-0.4, -0.2) is 31.7 Å². The van der Waals surface area contributed by atoms with Crippen molar-refractivity contribution in [2.45, 2.75) is 0 Å². The topological polar surface area (TPSA) is 116 Å². The highest BCUT2D eigenvalue weighted by atomic mass is 79.9. The number of fused-ring (bicyclic) bond motifs is 1. The number of carbonyl (C=O) groups is 2. The average molecular weight is 446 g/mol. The zero-order valence-corrected chi connectivity index (χ0v) is 16.4. The Labute approximate surface area is 168 Å². The lowest BCUT2D eigenvalue weighted by Crippen LogP contribution is -2.20. The molecule has 0 spiro atoms. The summed E-state index contributed by atoms with van der Waals surface area (Å²) in [6.07, 6.45) is 1.44. The number of primary amides is 1. The summed E-state index contributed by atoms with van der Waals surface area (Å²) in [5.41, 5.74) is 8.72. The van der Waals surface area contributed by atoms with Crippen molar-refractivity contribution in [3.8, 4) is 11.5 Å². The molecule has 3 aromatic rings. The first kappa shape index (κ1) is 19.4. The Morgan fingerprint density at radius 1 is 1.21 bits per heavy atom. The van der Waals surface area contributed by atoms with Gasteiger partial charge >= 0.3 is 5.91 Å². The second-order valence-corrected chi connectivity index (χ2v) is 6.57. The molecule has 0 aliphatic rings. The highest BCUT2D eigenvalue weighted by Crippen LogP contribution is 2.27. The van der Waals surface area contributed by atoms with Crippen LogP contribution in [0.2, 0.25) is 0 Å². The second-order valence-electron chi connectivity index (χ2n) is 5.66. The van der Waals surface area contributed by atoms with Crippen molar-refractivity contribution in [3.63, 3.8) is 0 Å². The van der Waals surface area contributed by atoms with E-state index in [-0.39, 0.29) is 12.4 Å². The zero-order valence-electron chi connectivity index (χ0n) is 14.8. The highest BCUT2D eigenvalue weighted by molar-refractivity contribution is 9.10. The number of benzene rings is 2. The van der Waals surface area contributed by atoms with Crippen LogP contribution in [0.1, 0.15) is 16.1 Å². The molecule has 0 atom stereocenters. The van der Waals surface area contributed by atoms with Crippen molar-refractivity contribution < 1.29 is 23.5 Å². The molecule has 0 radical (unpaired) electrons. The molecule has 1 heterocycles. The maximum absolute atomic E-state index is 12.2. The van der Waals surface area contributed by atoms with Gasteiger partial charge in [-0.2, -0.15) is 5.10 Å². The SMILES string of the molecule is COc1cc(/C=N/NC(=O)c2cc3cc(Br)ccc3o2)ccc1OCC(N)=O. The van der Waals surface area contributed by atoms with Gasteiger partial charge in [0.05, 0.1) is 13.3 Å². The Morgan fingerprint density at radius 2 is 2.04 bits per heavy atom. The van der Waals surface area contributed by atoms with Crippen LogP contribution in [0.15, 0.2) is 56.5 Å². The fourth-order valence-electron chi connectivity index (χ4n) is 2.38. The second kappa shape index (κ2) is 8.57. The fraction of sp³-hybridized carbons (Fsp3) is 0.105. The molecule has 0 bridgehead atoms. The summed E-state index contributed by atoms with van der Waals surface area (Å²) in [5, 5.41) is 4.73. The standard InChI is InChI=1S/C19H16BrN3O5/c1-26-16-6-11(2-4-15(16)27-10-18(21)24)9-22-23-19(25)17-8-12-7-13(20)3-5-14(12)28-17/h2-9H,10H2,1H3,(H2,21,24)(H,23,25)/b22-9+. The van der Waals surface area contributed by atoms with E-state index in [9.17, 15) is 9.59 Å². The van der Waals surface area contributed by atoms with Crippen molar-refractivity contribution in [1.82, 2.24) is 5.43 Å². The number of rotatable bonds is 7. The van der Waals surface area contributed by atoms with Gasteiger partial charge in [-0.3, -0.25) is 9.59 Å². The highest BCUT2D eigenvalue weighted by Gasteiger charge is 2.12. The minimum absolute atomic E-state index is 0.151. The number of carbonyl (C=O) groups excluding carboxylic acids is 2. The summed E-state index contributed by atoms with van der Waals surface area (Å²) in [7, 11) is 1.47. The van der Waals surface area contributed by atoms with Crippen LogP contribution in [0.4, 0.5) is 0 Å². The first-order valence-electron chi connectivity index (χ1n) is 8.08. The number of hydrogen-bond donors (Lipinski definition) is 2. The van der Waals surface area contributed by atoms with Gasteiger partial charge < -0.3 is 19.6 Å². The van der Waals surface area contributed by atoms with E-state index in [1.807, 2.05) is 12.1 Å². The van der Waals surface area contributed by atoms with Crippen LogP contribution in [0.5, 0.6) is 11.5 Å². The van der Waals surface area contributed by atoms with Gasteiger partial charge in [-0.05, 0) is 48.0 Å². The Balaban J connectivity index is 1.67. The van der Waals surface area contributed by atoms with Gasteiger partial charge in [-0.15, -0.1) is 0 Å². The monoisotopic (exact) mass is 445 g/mol. The Hall–Kier alpha value is -3.33. The lowest BCUT2D eigenvalue weighted by molar-refractivity contribution is -0.119. The number of halogens is 1. The van der Waals surface area contributed by atoms with Crippen molar-refractivity contribution >= 4 is 44.9 Å². The Bertz CT molecular complexity index is 1060. The molecule has 0 unspecified atom stereocenters. The molecule has 0 aliphatic heterocycles. The molecular weight excluding hydrogens is 430 g/mol. The quantitative estimate of drug-likeness (QED) is 0.428. The molecule has 8 nitrogen and oxygen atoms in total. The van der Waals surface area contributed by atoms with Gasteiger partial charge in [0.15, 0.2) is 23.9 Å². The van der Waals surface area contributed by atoms with Crippen molar-refractivity contribution in [2.24, 2.45) is 10.8 Å². The summed E-state index contributed by atoms with van der Waals surface area (Å²) in [5.74, 6) is -0.140. The van der Waals surface area contributed by atoms with E-state index in [0.29, 0.717) is 22.6 Å². The number of furan rings is 1. The lowest BCUT2D eigenvalue weighted by atomic mass is 10.2. The third-order valence-corrected chi connectivity index (χ3v) is 4.13. The third kappa shape index (κ3) is 4.68. The van der Waals surface area contributed by atoms with Crippen LogP contribution in [0, 0.1) is 0 Å². The zero-order chi connectivity index (χ0) is 20.1. The van der Waals surface area contributed by atoms with Crippen molar-refractivity contribution in [2.75, 3.05) is 13.7 Å². The average Bonchev–Trinajstić information content (AvgIpc) is 3.09. The van der Waals surface area contributed by atoms with Gasteiger partial charge in [0.1, 0.15) is 5.58 Å². The van der Waals surface area contributed by atoms with E-state index in [1.54, 1.807) is 30.3 Å². The summed E-state index contributed by atoms with van der Waals surface area (Å²) in [6, 6.07) is 12.0. The molecule has 28 heavy (non-hydrogen) atoms. The number of amides is 2. The van der Waals surface area contributed by atoms with Crippen LogP contribution in [-0.2, 0) is 4.79 Å². The minimum Gasteiger partial charge on any atom is -0.493 e. The molecule has 3 rings (SSSR count). The number of nitrogens with zero attached hydrogens (tertiary/aromatic N) is 1. The smallest absolute Gasteiger partial charge is 0.307 e. The van der Waals surface area contributed by atoms with E-state index in [0.717, 1.165) is 9.86 Å². The molecule has 0 saturated carbocycles. The molecular formula is C19H16BrN3O5. The molecule has 3 N–H and O–H groups in total. The van der Waals surface area contributed by atoms with Crippen molar-refractivity contribution in [1.29, 1.82) is 0 Å². The van der Waals surface area contributed by atoms with Crippen LogP contribution >= 0.6 is 15.9 Å². The van der Waals surface area contributed by atoms with E-state index < -0.39 is 11.8 Å². The summed E-state index contributed by atoms with van der Waals surface area (Å²) in [6.45, 7) is -0.256. The van der Waals surface area contributed by atoms with E-state index >= 15 is 0 Å². The van der Waals surface area contributed by atoms with Gasteiger partial charge in [-0.1, -0.05) is 15.9 Å². The van der Waals surface area contributed by atoms with E-state index in [2.05, 4.69) is 26.5 Å². The first-order chi connectivity index (χ1) is 13.5. The number of methoxy groups -OCH3 is 1. The summed E-state index contributed by atoms with van der Waals surface area (Å²) in [4.78, 5) is 23.0. The van der Waals surface area contributed by atoms with Gasteiger partial charge in [0, 0.05) is 9.86 Å². The Morgan fingerprint density at radius 3 is 2.79 bits per heavy atom. The van der Waals surface area contributed by atoms with Gasteiger partial charge in [-0.25, -0.2) is 5.43 Å². The minimum atomic E-state index is -0.589. The summed E-state index contributed by atoms with van der Waals surface area (Å²) < 4.78 is 16.9. The molecule has 0 fully saturated rings. The molecule has 1 aromatic heterocycles. The third-order valence-electron chi connectivity index (χ3n) is 3.64. The van der Waals surface area contributed by atoms with Crippen LogP contribution in [0.25, 0.3) is 11.0 Å². The normalized spacial score (nSPS) is 10.9. The predicted octanol–water partition coefficient (Wildman–Crippen LogP) is 2.83. The largest absolute Gasteiger partial charge is 0.493 e. The fourth-order valence-corrected chi connectivity index (χ4v) is 2.76. The molecule has 2 aromatic carbocycles.